The molecule has 1 aromatic heterocycles. The van der Waals surface area contributed by atoms with Crippen molar-refractivity contribution >= 4 is 43.4 Å². The van der Waals surface area contributed by atoms with Crippen molar-refractivity contribution in [2.75, 3.05) is 0 Å². The minimum Gasteiger partial charge on any atom is -0.340 e. The number of aromatic nitrogens is 1. The van der Waals surface area contributed by atoms with Gasteiger partial charge in [-0.3, -0.25) is 4.79 Å². The van der Waals surface area contributed by atoms with Gasteiger partial charge in [-0.15, -0.1) is 0 Å². The Balaban J connectivity index is 1.76. The highest BCUT2D eigenvalue weighted by Crippen LogP contribution is 2.30. The summed E-state index contributed by atoms with van der Waals surface area (Å²) in [7, 11) is 0. The van der Waals surface area contributed by atoms with Crippen LogP contribution >= 0.6 is 0 Å². The number of hydrogen-bond acceptors (Lipinski definition) is 1. The highest BCUT2D eigenvalue weighted by molar-refractivity contribution is 6.15. The molecule has 0 aliphatic rings. The second-order valence-corrected chi connectivity index (χ2v) is 8.61. The molecule has 0 saturated carbocycles. The first kappa shape index (κ1) is 19.8. The summed E-state index contributed by atoms with van der Waals surface area (Å²) in [6.07, 6.45) is 7.57. The van der Waals surface area contributed by atoms with Gasteiger partial charge in [0.2, 0.25) is 0 Å². The van der Waals surface area contributed by atoms with Crippen molar-refractivity contribution in [2.24, 2.45) is 0 Å². The van der Waals surface area contributed by atoms with E-state index in [1.165, 1.54) is 32.1 Å². The number of pyridine rings is 1. The molecule has 0 aliphatic heterocycles. The summed E-state index contributed by atoms with van der Waals surface area (Å²) >= 11 is 0. The second kappa shape index (κ2) is 8.55. The molecule has 0 spiro atoms. The predicted molar refractivity (Wildman–Crippen MR) is 134 cm³/mol. The van der Waals surface area contributed by atoms with Crippen molar-refractivity contribution < 1.29 is 0 Å². The minimum absolute atomic E-state index is 0.151. The van der Waals surface area contributed by atoms with Gasteiger partial charge < -0.3 is 4.57 Å². The van der Waals surface area contributed by atoms with E-state index in [2.05, 4.69) is 60.0 Å². The van der Waals surface area contributed by atoms with Crippen LogP contribution in [0, 0.1) is 0 Å². The van der Waals surface area contributed by atoms with E-state index in [9.17, 15) is 4.79 Å². The fourth-order valence-corrected chi connectivity index (χ4v) is 4.99. The SMILES string of the molecule is CCCCCCCCn1c2ccc3ccccc3c2c(=O)c2c3ccccc3ccc21. The van der Waals surface area contributed by atoms with E-state index >= 15 is 0 Å². The Morgan fingerprint density at radius 2 is 1.13 bits per heavy atom. The Bertz CT molecular complexity index is 1340. The molecular formula is C29H29NO. The number of hydrogen-bond donors (Lipinski definition) is 0. The molecule has 0 bridgehead atoms. The van der Waals surface area contributed by atoms with Crippen molar-refractivity contribution in [1.29, 1.82) is 0 Å². The molecule has 2 heteroatoms. The van der Waals surface area contributed by atoms with E-state index in [0.717, 1.165) is 56.3 Å². The monoisotopic (exact) mass is 407 g/mol. The van der Waals surface area contributed by atoms with E-state index in [4.69, 9.17) is 0 Å². The van der Waals surface area contributed by atoms with E-state index in [0.29, 0.717) is 0 Å². The summed E-state index contributed by atoms with van der Waals surface area (Å²) in [5, 5.41) is 6.06. The topological polar surface area (TPSA) is 22.0 Å². The number of fused-ring (bicyclic) bond motifs is 6. The van der Waals surface area contributed by atoms with Gasteiger partial charge in [0.25, 0.3) is 0 Å². The van der Waals surface area contributed by atoms with E-state index in [1.807, 2.05) is 24.3 Å². The van der Waals surface area contributed by atoms with Gasteiger partial charge in [0.15, 0.2) is 5.43 Å². The fraction of sp³-hybridized carbons (Fsp3) is 0.276. The van der Waals surface area contributed by atoms with Crippen molar-refractivity contribution in [3.05, 3.63) is 83.0 Å². The molecular weight excluding hydrogens is 378 g/mol. The van der Waals surface area contributed by atoms with Crippen LogP contribution < -0.4 is 5.43 Å². The van der Waals surface area contributed by atoms with Crippen LogP contribution in [0.1, 0.15) is 45.4 Å². The zero-order valence-corrected chi connectivity index (χ0v) is 18.2. The Labute approximate surface area is 183 Å². The van der Waals surface area contributed by atoms with E-state index < -0.39 is 0 Å². The van der Waals surface area contributed by atoms with Crippen LogP contribution in [0.5, 0.6) is 0 Å². The highest BCUT2D eigenvalue weighted by atomic mass is 16.1. The predicted octanol–water partition coefficient (Wildman–Crippen LogP) is 7.82. The van der Waals surface area contributed by atoms with Crippen LogP contribution in [0.2, 0.25) is 0 Å². The third kappa shape index (κ3) is 3.50. The lowest BCUT2D eigenvalue weighted by Crippen LogP contribution is -2.12. The molecule has 2 nitrogen and oxygen atoms in total. The lowest BCUT2D eigenvalue weighted by atomic mass is 9.98. The molecule has 0 N–H and O–H groups in total. The highest BCUT2D eigenvalue weighted by Gasteiger charge is 2.15. The number of benzene rings is 4. The van der Waals surface area contributed by atoms with Crippen molar-refractivity contribution in [2.45, 2.75) is 52.0 Å². The molecule has 5 rings (SSSR count). The standard InChI is InChI=1S/C29H29NO/c1-2-3-4-5-6-11-20-30-25-18-16-21-12-7-9-14-23(21)27(25)29(31)28-24-15-10-8-13-22(24)17-19-26(28)30/h7-10,12-19H,2-6,11,20H2,1H3. The van der Waals surface area contributed by atoms with Crippen LogP contribution in [0.3, 0.4) is 0 Å². The quantitative estimate of drug-likeness (QED) is 0.153. The molecule has 4 aromatic carbocycles. The maximum absolute atomic E-state index is 13.9. The van der Waals surface area contributed by atoms with Crippen LogP contribution in [-0.4, -0.2) is 4.57 Å². The van der Waals surface area contributed by atoms with Crippen LogP contribution in [-0.2, 0) is 6.54 Å². The Hall–Kier alpha value is -3.13. The molecule has 1 heterocycles. The first-order chi connectivity index (χ1) is 15.3. The Morgan fingerprint density at radius 1 is 0.613 bits per heavy atom. The Morgan fingerprint density at radius 3 is 1.71 bits per heavy atom. The molecule has 0 radical (unpaired) electrons. The van der Waals surface area contributed by atoms with Crippen LogP contribution in [0.25, 0.3) is 43.4 Å². The maximum atomic E-state index is 13.9. The van der Waals surface area contributed by atoms with Gasteiger partial charge in [0.1, 0.15) is 0 Å². The summed E-state index contributed by atoms with van der Waals surface area (Å²) in [4.78, 5) is 13.9. The first-order valence-corrected chi connectivity index (χ1v) is 11.7. The summed E-state index contributed by atoms with van der Waals surface area (Å²) in [5.74, 6) is 0. The number of nitrogens with zero attached hydrogens (tertiary/aromatic N) is 1. The molecule has 5 aromatic rings. The molecule has 0 unspecified atom stereocenters. The van der Waals surface area contributed by atoms with Gasteiger partial charge in [-0.05, 0) is 40.1 Å². The van der Waals surface area contributed by atoms with Crippen LogP contribution in [0.4, 0.5) is 0 Å². The van der Waals surface area contributed by atoms with Crippen molar-refractivity contribution in [3.8, 4) is 0 Å². The molecule has 0 aliphatic carbocycles. The largest absolute Gasteiger partial charge is 0.340 e. The number of rotatable bonds is 7. The maximum Gasteiger partial charge on any atom is 0.198 e. The zero-order chi connectivity index (χ0) is 21.2. The summed E-state index contributed by atoms with van der Waals surface area (Å²) in [5.41, 5.74) is 2.26. The average Bonchev–Trinajstić information content (AvgIpc) is 2.82. The van der Waals surface area contributed by atoms with Gasteiger partial charge >= 0.3 is 0 Å². The molecule has 0 fully saturated rings. The third-order valence-electron chi connectivity index (χ3n) is 6.59. The number of aryl methyl sites for hydroxylation is 1. The third-order valence-corrected chi connectivity index (χ3v) is 6.59. The first-order valence-electron chi connectivity index (χ1n) is 11.7. The smallest absolute Gasteiger partial charge is 0.198 e. The van der Waals surface area contributed by atoms with Gasteiger partial charge in [-0.1, -0.05) is 99.7 Å². The van der Waals surface area contributed by atoms with Crippen LogP contribution in [0.15, 0.2) is 77.6 Å². The Kier molecular flexibility index (Phi) is 5.46. The second-order valence-electron chi connectivity index (χ2n) is 8.61. The minimum atomic E-state index is 0.151. The van der Waals surface area contributed by atoms with Gasteiger partial charge in [0.05, 0.1) is 21.8 Å². The lowest BCUT2D eigenvalue weighted by molar-refractivity contribution is 0.570. The molecule has 156 valence electrons. The zero-order valence-electron chi connectivity index (χ0n) is 18.2. The van der Waals surface area contributed by atoms with Crippen molar-refractivity contribution in [1.82, 2.24) is 4.57 Å². The molecule has 0 amide bonds. The normalized spacial score (nSPS) is 11.8. The summed E-state index contributed by atoms with van der Waals surface area (Å²) in [6, 6.07) is 25.1. The molecule has 0 saturated heterocycles. The van der Waals surface area contributed by atoms with Gasteiger partial charge in [0, 0.05) is 6.54 Å². The molecule has 31 heavy (non-hydrogen) atoms. The molecule has 0 atom stereocenters. The van der Waals surface area contributed by atoms with Crippen molar-refractivity contribution in [3.63, 3.8) is 0 Å². The summed E-state index contributed by atoms with van der Waals surface area (Å²) in [6.45, 7) is 3.20. The fourth-order valence-electron chi connectivity index (χ4n) is 4.99. The van der Waals surface area contributed by atoms with Gasteiger partial charge in [-0.2, -0.15) is 0 Å². The number of unbranched alkanes of at least 4 members (excludes halogenated alkanes) is 5. The van der Waals surface area contributed by atoms with E-state index in [1.54, 1.807) is 0 Å². The van der Waals surface area contributed by atoms with Gasteiger partial charge in [-0.25, -0.2) is 0 Å². The van der Waals surface area contributed by atoms with E-state index in [-0.39, 0.29) is 5.43 Å². The average molecular weight is 408 g/mol. The summed E-state index contributed by atoms with van der Waals surface area (Å²) < 4.78 is 2.39. The lowest BCUT2D eigenvalue weighted by Gasteiger charge is -2.17.